The maximum Gasteiger partial charge on any atom is 0.176 e. The minimum atomic E-state index is -0.0131. The lowest BCUT2D eigenvalue weighted by Crippen LogP contribution is -2.41. The Balaban J connectivity index is 1.89. The second kappa shape index (κ2) is 5.73. The molecule has 2 N–H and O–H groups in total. The molecule has 114 valence electrons. The first-order valence-corrected chi connectivity index (χ1v) is 7.62. The van der Waals surface area contributed by atoms with Crippen LogP contribution in [0.1, 0.15) is 24.9 Å². The zero-order valence-corrected chi connectivity index (χ0v) is 13.0. The first-order valence-electron chi connectivity index (χ1n) is 7.24. The highest BCUT2D eigenvalue weighted by atomic mass is 35.5. The van der Waals surface area contributed by atoms with Gasteiger partial charge in [0.15, 0.2) is 11.5 Å². The fourth-order valence-corrected chi connectivity index (χ4v) is 3.35. The molecule has 0 bridgehead atoms. The number of fused-ring (bicyclic) bond motifs is 1. The summed E-state index contributed by atoms with van der Waals surface area (Å²) in [5, 5.41) is 14.7. The molecule has 2 heterocycles. The lowest BCUT2D eigenvalue weighted by molar-refractivity contribution is 0.238. The van der Waals surface area contributed by atoms with E-state index >= 15 is 0 Å². The first kappa shape index (κ1) is 14.5. The van der Waals surface area contributed by atoms with E-state index in [1.54, 1.807) is 6.07 Å². The van der Waals surface area contributed by atoms with Gasteiger partial charge >= 0.3 is 0 Å². The Hall–Kier alpha value is -1.46. The number of benzene rings is 1. The zero-order chi connectivity index (χ0) is 15.0. The average molecular weight is 310 g/mol. The quantitative estimate of drug-likeness (QED) is 0.900. The number of rotatable bonds is 3. The zero-order valence-electron chi connectivity index (χ0n) is 12.3. The highest BCUT2D eigenvalue weighted by Gasteiger charge is 2.37. The van der Waals surface area contributed by atoms with Crippen molar-refractivity contribution in [2.75, 3.05) is 26.7 Å². The standard InChI is InChI=1S/C15H20ClN3O2/c1-3-19-5-4-12-10(8-19)14(18-17-12)9-6-11(16)15(20)13(7-9)21-2/h6-7,10,14,18,20H,3-5,8H2,1-2H3. The van der Waals surface area contributed by atoms with Crippen LogP contribution in [-0.4, -0.2) is 42.5 Å². The first-order chi connectivity index (χ1) is 10.1. The Labute approximate surface area is 129 Å². The van der Waals surface area contributed by atoms with Crippen molar-refractivity contribution in [3.8, 4) is 11.5 Å². The van der Waals surface area contributed by atoms with Gasteiger partial charge in [0.05, 0.1) is 18.2 Å². The molecule has 0 amide bonds. The Kier molecular flexibility index (Phi) is 3.95. The Morgan fingerprint density at radius 3 is 3.05 bits per heavy atom. The lowest BCUT2D eigenvalue weighted by Gasteiger charge is -2.32. The molecule has 0 radical (unpaired) electrons. The van der Waals surface area contributed by atoms with Crippen LogP contribution < -0.4 is 10.2 Å². The van der Waals surface area contributed by atoms with Gasteiger partial charge in [-0.05, 0) is 24.2 Å². The van der Waals surface area contributed by atoms with Gasteiger partial charge in [0.1, 0.15) is 0 Å². The largest absolute Gasteiger partial charge is 0.503 e. The molecule has 5 nitrogen and oxygen atoms in total. The van der Waals surface area contributed by atoms with Crippen LogP contribution in [0.4, 0.5) is 0 Å². The van der Waals surface area contributed by atoms with E-state index in [1.807, 2.05) is 6.07 Å². The van der Waals surface area contributed by atoms with Gasteiger partial charge in [-0.1, -0.05) is 18.5 Å². The molecule has 6 heteroatoms. The number of nitrogens with one attached hydrogen (secondary N) is 1. The summed E-state index contributed by atoms with van der Waals surface area (Å²) in [5.74, 6) is 0.737. The minimum absolute atomic E-state index is 0.0131. The summed E-state index contributed by atoms with van der Waals surface area (Å²) in [6.45, 7) is 5.30. The van der Waals surface area contributed by atoms with Crippen molar-refractivity contribution < 1.29 is 9.84 Å². The number of halogens is 1. The molecule has 0 spiro atoms. The number of likely N-dealkylation sites (tertiary alicyclic amines) is 1. The third-order valence-corrected chi connectivity index (χ3v) is 4.68. The summed E-state index contributed by atoms with van der Waals surface area (Å²) >= 11 is 6.10. The molecule has 2 aliphatic rings. The summed E-state index contributed by atoms with van der Waals surface area (Å²) in [6, 6.07) is 3.71. The summed E-state index contributed by atoms with van der Waals surface area (Å²) < 4.78 is 5.19. The highest BCUT2D eigenvalue weighted by molar-refractivity contribution is 6.32. The lowest BCUT2D eigenvalue weighted by atomic mass is 9.86. The summed E-state index contributed by atoms with van der Waals surface area (Å²) in [4.78, 5) is 2.43. The minimum Gasteiger partial charge on any atom is -0.503 e. The second-order valence-electron chi connectivity index (χ2n) is 5.51. The number of phenols is 1. The third kappa shape index (κ3) is 2.56. The molecule has 1 fully saturated rings. The monoisotopic (exact) mass is 309 g/mol. The summed E-state index contributed by atoms with van der Waals surface area (Å²) in [7, 11) is 1.53. The number of ether oxygens (including phenoxy) is 1. The second-order valence-corrected chi connectivity index (χ2v) is 5.92. The van der Waals surface area contributed by atoms with Crippen molar-refractivity contribution in [3.05, 3.63) is 22.7 Å². The van der Waals surface area contributed by atoms with Gasteiger partial charge in [0.2, 0.25) is 0 Å². The molecule has 2 atom stereocenters. The van der Waals surface area contributed by atoms with E-state index in [0.29, 0.717) is 16.7 Å². The van der Waals surface area contributed by atoms with Crippen LogP contribution in [0.5, 0.6) is 11.5 Å². The number of phenolic OH excluding ortho intramolecular Hbond substituents is 1. The molecule has 0 aromatic heterocycles. The van der Waals surface area contributed by atoms with E-state index in [1.165, 1.54) is 12.8 Å². The van der Waals surface area contributed by atoms with Crippen LogP contribution in [0.2, 0.25) is 5.02 Å². The van der Waals surface area contributed by atoms with Gasteiger partial charge in [-0.25, -0.2) is 0 Å². The van der Waals surface area contributed by atoms with Crippen LogP contribution in [0.15, 0.2) is 17.2 Å². The Bertz CT molecular complexity index is 576. The summed E-state index contributed by atoms with van der Waals surface area (Å²) in [6.07, 6.45) is 1.00. The fraction of sp³-hybridized carbons (Fsp3) is 0.533. The van der Waals surface area contributed by atoms with Gasteiger partial charge < -0.3 is 20.2 Å². The molecule has 1 aromatic rings. The molecule has 1 saturated heterocycles. The molecular formula is C15H20ClN3O2. The van der Waals surface area contributed by atoms with Gasteiger partial charge in [0.25, 0.3) is 0 Å². The van der Waals surface area contributed by atoms with E-state index in [0.717, 1.165) is 31.6 Å². The van der Waals surface area contributed by atoms with Gasteiger partial charge in [-0.3, -0.25) is 0 Å². The van der Waals surface area contributed by atoms with Crippen molar-refractivity contribution in [1.82, 2.24) is 10.3 Å². The van der Waals surface area contributed by atoms with E-state index < -0.39 is 0 Å². The number of piperidine rings is 1. The van der Waals surface area contributed by atoms with Crippen molar-refractivity contribution in [2.24, 2.45) is 11.0 Å². The average Bonchev–Trinajstić information content (AvgIpc) is 2.92. The normalized spacial score (nSPS) is 25.2. The van der Waals surface area contributed by atoms with Crippen LogP contribution in [-0.2, 0) is 0 Å². The Morgan fingerprint density at radius 2 is 2.33 bits per heavy atom. The molecule has 21 heavy (non-hydrogen) atoms. The van der Waals surface area contributed by atoms with Crippen molar-refractivity contribution >= 4 is 17.3 Å². The van der Waals surface area contributed by atoms with E-state index in [4.69, 9.17) is 16.3 Å². The topological polar surface area (TPSA) is 57.1 Å². The maximum absolute atomic E-state index is 9.86. The number of methoxy groups -OCH3 is 1. The molecule has 2 aliphatic heterocycles. The molecule has 0 saturated carbocycles. The number of hydrazone groups is 1. The SMILES string of the molecule is CCN1CCC2=NNC(c3cc(Cl)c(O)c(OC)c3)C2C1. The van der Waals surface area contributed by atoms with Crippen molar-refractivity contribution in [1.29, 1.82) is 0 Å². The summed E-state index contributed by atoms with van der Waals surface area (Å²) in [5.41, 5.74) is 5.45. The predicted molar refractivity (Wildman–Crippen MR) is 83.2 cm³/mol. The highest BCUT2D eigenvalue weighted by Crippen LogP contribution is 2.40. The van der Waals surface area contributed by atoms with Crippen molar-refractivity contribution in [2.45, 2.75) is 19.4 Å². The Morgan fingerprint density at radius 1 is 1.52 bits per heavy atom. The number of aromatic hydroxyl groups is 1. The molecular weight excluding hydrogens is 290 g/mol. The molecule has 1 aromatic carbocycles. The van der Waals surface area contributed by atoms with Gasteiger partial charge in [-0.15, -0.1) is 0 Å². The van der Waals surface area contributed by atoms with Crippen LogP contribution in [0.25, 0.3) is 0 Å². The van der Waals surface area contributed by atoms with E-state index in [9.17, 15) is 5.11 Å². The van der Waals surface area contributed by atoms with Crippen LogP contribution in [0, 0.1) is 5.92 Å². The van der Waals surface area contributed by atoms with Gasteiger partial charge in [-0.2, -0.15) is 5.10 Å². The molecule has 0 aliphatic carbocycles. The predicted octanol–water partition coefficient (Wildman–Crippen LogP) is 2.40. The maximum atomic E-state index is 9.86. The van der Waals surface area contributed by atoms with E-state index in [-0.39, 0.29) is 11.8 Å². The van der Waals surface area contributed by atoms with Crippen LogP contribution in [0.3, 0.4) is 0 Å². The van der Waals surface area contributed by atoms with E-state index in [2.05, 4.69) is 22.4 Å². The number of nitrogens with zero attached hydrogens (tertiary/aromatic N) is 2. The number of hydrogen-bond acceptors (Lipinski definition) is 5. The smallest absolute Gasteiger partial charge is 0.176 e. The molecule has 3 rings (SSSR count). The fourth-order valence-electron chi connectivity index (χ4n) is 3.13. The van der Waals surface area contributed by atoms with Gasteiger partial charge in [0, 0.05) is 31.1 Å². The third-order valence-electron chi connectivity index (χ3n) is 4.39. The van der Waals surface area contributed by atoms with Crippen LogP contribution >= 0.6 is 11.6 Å². The van der Waals surface area contributed by atoms with Crippen molar-refractivity contribution in [3.63, 3.8) is 0 Å². The number of hydrogen-bond donors (Lipinski definition) is 2. The molecule has 2 unspecified atom stereocenters.